The lowest BCUT2D eigenvalue weighted by molar-refractivity contribution is 0.350. The molecule has 0 aromatic heterocycles. The molecule has 0 heterocycles. The van der Waals surface area contributed by atoms with Crippen LogP contribution in [0.2, 0.25) is 0 Å². The smallest absolute Gasteiger partial charge is 0.0141 e. The highest BCUT2D eigenvalue weighted by atomic mass is 14.9. The second kappa shape index (κ2) is 3.97. The van der Waals surface area contributed by atoms with Crippen molar-refractivity contribution in [2.45, 2.75) is 46.5 Å². The molecule has 1 N–H and O–H groups in total. The second-order valence-corrected chi connectivity index (χ2v) is 4.32. The Morgan fingerprint density at radius 1 is 1.50 bits per heavy atom. The van der Waals surface area contributed by atoms with Crippen molar-refractivity contribution in [1.82, 2.24) is 5.32 Å². The van der Waals surface area contributed by atoms with Gasteiger partial charge in [-0.05, 0) is 25.7 Å². The van der Waals surface area contributed by atoms with E-state index in [1.165, 1.54) is 31.4 Å². The maximum atomic E-state index is 3.52. The van der Waals surface area contributed by atoms with Crippen molar-refractivity contribution in [2.75, 3.05) is 6.54 Å². The molecule has 0 unspecified atom stereocenters. The highest BCUT2D eigenvalue weighted by molar-refractivity contribution is 5.12. The van der Waals surface area contributed by atoms with Crippen LogP contribution in [0.3, 0.4) is 0 Å². The van der Waals surface area contributed by atoms with Crippen molar-refractivity contribution in [3.05, 3.63) is 11.8 Å². The van der Waals surface area contributed by atoms with Crippen molar-refractivity contribution in [3.8, 4) is 0 Å². The van der Waals surface area contributed by atoms with Gasteiger partial charge in [0, 0.05) is 17.7 Å². The van der Waals surface area contributed by atoms with Crippen molar-refractivity contribution in [2.24, 2.45) is 5.41 Å². The zero-order valence-corrected chi connectivity index (χ0v) is 8.61. The summed E-state index contributed by atoms with van der Waals surface area (Å²) in [6.07, 6.45) is 7.53. The summed E-state index contributed by atoms with van der Waals surface area (Å²) in [6.45, 7) is 8.00. The third-order valence-corrected chi connectivity index (χ3v) is 2.65. The average molecular weight is 167 g/mol. The van der Waals surface area contributed by atoms with E-state index in [1.54, 1.807) is 0 Å². The van der Waals surface area contributed by atoms with Crippen molar-refractivity contribution in [1.29, 1.82) is 0 Å². The lowest BCUT2D eigenvalue weighted by Gasteiger charge is -2.32. The van der Waals surface area contributed by atoms with E-state index >= 15 is 0 Å². The van der Waals surface area contributed by atoms with Gasteiger partial charge in [-0.25, -0.2) is 0 Å². The van der Waals surface area contributed by atoms with E-state index in [0.717, 1.165) is 6.54 Å². The summed E-state index contributed by atoms with van der Waals surface area (Å²) >= 11 is 0. The molecule has 0 saturated carbocycles. The molecule has 1 rings (SSSR count). The molecule has 1 aliphatic carbocycles. The SMILES string of the molecule is CCCNC1=CCCCC1(C)C. The summed E-state index contributed by atoms with van der Waals surface area (Å²) < 4.78 is 0. The highest BCUT2D eigenvalue weighted by Gasteiger charge is 2.24. The molecule has 0 aromatic carbocycles. The van der Waals surface area contributed by atoms with Gasteiger partial charge >= 0.3 is 0 Å². The van der Waals surface area contributed by atoms with Gasteiger partial charge < -0.3 is 5.32 Å². The quantitative estimate of drug-likeness (QED) is 0.681. The molecular formula is C11H21N. The lowest BCUT2D eigenvalue weighted by atomic mass is 9.79. The van der Waals surface area contributed by atoms with E-state index in [2.05, 4.69) is 32.2 Å². The lowest BCUT2D eigenvalue weighted by Crippen LogP contribution is -2.29. The maximum Gasteiger partial charge on any atom is 0.0141 e. The Kier molecular flexibility index (Phi) is 3.19. The van der Waals surface area contributed by atoms with Crippen LogP contribution in [0.25, 0.3) is 0 Å². The number of rotatable bonds is 3. The molecule has 70 valence electrons. The van der Waals surface area contributed by atoms with Crippen molar-refractivity contribution >= 4 is 0 Å². The molecule has 12 heavy (non-hydrogen) atoms. The van der Waals surface area contributed by atoms with E-state index in [1.807, 2.05) is 0 Å². The van der Waals surface area contributed by atoms with Crippen LogP contribution in [0.1, 0.15) is 46.5 Å². The fourth-order valence-corrected chi connectivity index (χ4v) is 1.77. The summed E-state index contributed by atoms with van der Waals surface area (Å²) in [5.74, 6) is 0. The summed E-state index contributed by atoms with van der Waals surface area (Å²) in [5, 5.41) is 3.52. The van der Waals surface area contributed by atoms with Gasteiger partial charge in [-0.2, -0.15) is 0 Å². The highest BCUT2D eigenvalue weighted by Crippen LogP contribution is 2.34. The van der Waals surface area contributed by atoms with Gasteiger partial charge in [0.2, 0.25) is 0 Å². The molecule has 0 saturated heterocycles. The normalized spacial score (nSPS) is 21.8. The topological polar surface area (TPSA) is 12.0 Å². The second-order valence-electron chi connectivity index (χ2n) is 4.32. The Morgan fingerprint density at radius 2 is 2.25 bits per heavy atom. The fourth-order valence-electron chi connectivity index (χ4n) is 1.77. The van der Waals surface area contributed by atoms with Crippen LogP contribution < -0.4 is 5.32 Å². The average Bonchev–Trinajstić information content (AvgIpc) is 2.02. The number of nitrogens with one attached hydrogen (secondary N) is 1. The van der Waals surface area contributed by atoms with Gasteiger partial charge in [-0.1, -0.05) is 26.8 Å². The van der Waals surface area contributed by atoms with Crippen LogP contribution in [0.15, 0.2) is 11.8 Å². The number of allylic oxidation sites excluding steroid dienone is 2. The van der Waals surface area contributed by atoms with E-state index in [-0.39, 0.29) is 0 Å². The predicted molar refractivity (Wildman–Crippen MR) is 54.0 cm³/mol. The first kappa shape index (κ1) is 9.63. The number of hydrogen-bond acceptors (Lipinski definition) is 1. The molecule has 0 atom stereocenters. The molecule has 0 fully saturated rings. The molecule has 0 spiro atoms. The van der Waals surface area contributed by atoms with E-state index in [9.17, 15) is 0 Å². The van der Waals surface area contributed by atoms with Crippen LogP contribution in [0, 0.1) is 5.41 Å². The fraction of sp³-hybridized carbons (Fsp3) is 0.818. The summed E-state index contributed by atoms with van der Waals surface area (Å²) in [6, 6.07) is 0. The Balaban J connectivity index is 2.53. The summed E-state index contributed by atoms with van der Waals surface area (Å²) in [7, 11) is 0. The molecule has 0 bridgehead atoms. The van der Waals surface area contributed by atoms with Gasteiger partial charge in [0.25, 0.3) is 0 Å². The Hall–Kier alpha value is -0.460. The third kappa shape index (κ3) is 2.26. The Morgan fingerprint density at radius 3 is 2.83 bits per heavy atom. The number of hydrogen-bond donors (Lipinski definition) is 1. The first-order valence-corrected chi connectivity index (χ1v) is 5.11. The first-order chi connectivity index (χ1) is 5.67. The monoisotopic (exact) mass is 167 g/mol. The predicted octanol–water partition coefficient (Wildman–Crippen LogP) is 3.08. The Bertz CT molecular complexity index is 168. The van der Waals surface area contributed by atoms with Gasteiger partial charge in [-0.15, -0.1) is 0 Å². The maximum absolute atomic E-state index is 3.52. The molecular weight excluding hydrogens is 146 g/mol. The largest absolute Gasteiger partial charge is 0.388 e. The van der Waals surface area contributed by atoms with Crippen molar-refractivity contribution < 1.29 is 0 Å². The minimum Gasteiger partial charge on any atom is -0.388 e. The minimum absolute atomic E-state index is 0.396. The van der Waals surface area contributed by atoms with Gasteiger partial charge in [0.1, 0.15) is 0 Å². The summed E-state index contributed by atoms with van der Waals surface area (Å²) in [5.41, 5.74) is 1.86. The van der Waals surface area contributed by atoms with Crippen LogP contribution in [0.5, 0.6) is 0 Å². The Labute approximate surface area is 76.2 Å². The molecule has 0 aromatic rings. The van der Waals surface area contributed by atoms with Crippen LogP contribution in [0.4, 0.5) is 0 Å². The van der Waals surface area contributed by atoms with E-state index < -0.39 is 0 Å². The molecule has 0 radical (unpaired) electrons. The first-order valence-electron chi connectivity index (χ1n) is 5.11. The van der Waals surface area contributed by atoms with Crippen LogP contribution in [-0.4, -0.2) is 6.54 Å². The van der Waals surface area contributed by atoms with E-state index in [0.29, 0.717) is 5.41 Å². The van der Waals surface area contributed by atoms with Crippen LogP contribution in [-0.2, 0) is 0 Å². The molecule has 0 amide bonds. The van der Waals surface area contributed by atoms with Gasteiger partial charge in [0.05, 0.1) is 0 Å². The van der Waals surface area contributed by atoms with E-state index in [4.69, 9.17) is 0 Å². The molecule has 1 nitrogen and oxygen atoms in total. The van der Waals surface area contributed by atoms with Gasteiger partial charge in [0.15, 0.2) is 0 Å². The van der Waals surface area contributed by atoms with Gasteiger partial charge in [-0.3, -0.25) is 0 Å². The zero-order chi connectivity index (χ0) is 9.03. The molecule has 0 aliphatic heterocycles. The van der Waals surface area contributed by atoms with Crippen molar-refractivity contribution in [3.63, 3.8) is 0 Å². The minimum atomic E-state index is 0.396. The van der Waals surface area contributed by atoms with Crippen LogP contribution >= 0.6 is 0 Å². The summed E-state index contributed by atoms with van der Waals surface area (Å²) in [4.78, 5) is 0. The molecule has 1 aliphatic rings. The third-order valence-electron chi connectivity index (χ3n) is 2.65. The standard InChI is InChI=1S/C11H21N/c1-4-9-12-10-7-5-6-8-11(10,2)3/h7,12H,4-6,8-9H2,1-3H3. The molecule has 1 heteroatoms. The zero-order valence-electron chi connectivity index (χ0n) is 8.61.